The molecule has 0 amide bonds. The number of aromatic carboxylic acids is 2. The van der Waals surface area contributed by atoms with E-state index >= 15 is 0 Å². The van der Waals surface area contributed by atoms with Gasteiger partial charge in [-0.25, -0.2) is 19.2 Å². The van der Waals surface area contributed by atoms with Crippen LogP contribution >= 0.6 is 0 Å². The third kappa shape index (κ3) is 9.52. The quantitative estimate of drug-likeness (QED) is 0.0734. The van der Waals surface area contributed by atoms with Crippen LogP contribution in [-0.2, 0) is 19.1 Å². The molecule has 0 fully saturated rings. The van der Waals surface area contributed by atoms with E-state index in [2.05, 4.69) is 13.2 Å². The summed E-state index contributed by atoms with van der Waals surface area (Å²) in [7, 11) is 1.46. The van der Waals surface area contributed by atoms with E-state index in [9.17, 15) is 29.4 Å². The summed E-state index contributed by atoms with van der Waals surface area (Å²) in [6.07, 6.45) is 4.55. The van der Waals surface area contributed by atoms with Gasteiger partial charge in [0.1, 0.15) is 17.2 Å². The maximum absolute atomic E-state index is 12.5. The highest BCUT2D eigenvalue weighted by Crippen LogP contribution is 2.44. The van der Waals surface area contributed by atoms with E-state index in [0.29, 0.717) is 101 Å². The van der Waals surface area contributed by atoms with E-state index in [1.807, 2.05) is 0 Å². The molecule has 0 aliphatic rings. The number of ether oxygens (including phenoxy) is 5. The van der Waals surface area contributed by atoms with Gasteiger partial charge < -0.3 is 33.9 Å². The van der Waals surface area contributed by atoms with Gasteiger partial charge in [0.25, 0.3) is 0 Å². The molecular weight excluding hydrogens is 644 g/mol. The van der Waals surface area contributed by atoms with E-state index in [4.69, 9.17) is 23.7 Å². The summed E-state index contributed by atoms with van der Waals surface area (Å²) in [6, 6.07) is 8.25. The van der Waals surface area contributed by atoms with Crippen LogP contribution in [0.3, 0.4) is 0 Å². The van der Waals surface area contributed by atoms with Crippen molar-refractivity contribution in [2.45, 2.75) is 53.4 Å². The van der Waals surface area contributed by atoms with Crippen LogP contribution in [-0.4, -0.2) is 67.6 Å². The number of rotatable bonds is 19. The summed E-state index contributed by atoms with van der Waals surface area (Å²) in [6.45, 7) is 15.0. The second-order valence-electron chi connectivity index (χ2n) is 11.5. The van der Waals surface area contributed by atoms with Gasteiger partial charge in [-0.1, -0.05) is 19.2 Å². The van der Waals surface area contributed by atoms with Gasteiger partial charge in [0.15, 0.2) is 0 Å². The zero-order valence-corrected chi connectivity index (χ0v) is 29.2. The van der Waals surface area contributed by atoms with Crippen LogP contribution in [0.4, 0.5) is 0 Å². The van der Waals surface area contributed by atoms with Gasteiger partial charge in [-0.3, -0.25) is 0 Å². The van der Waals surface area contributed by atoms with E-state index < -0.39 is 23.9 Å². The number of carbonyl (C=O) groups is 4. The van der Waals surface area contributed by atoms with Crippen molar-refractivity contribution in [1.29, 1.82) is 0 Å². The highest BCUT2D eigenvalue weighted by atomic mass is 16.5. The van der Waals surface area contributed by atoms with E-state index in [0.717, 1.165) is 12.2 Å². The molecule has 0 saturated heterocycles. The Bertz CT molecular complexity index is 1770. The van der Waals surface area contributed by atoms with Crippen LogP contribution in [0.25, 0.3) is 22.3 Å². The Balaban J connectivity index is 2.00. The molecule has 11 nitrogen and oxygen atoms in total. The lowest BCUT2D eigenvalue weighted by Gasteiger charge is -2.21. The average Bonchev–Trinajstić information content (AvgIpc) is 3.09. The van der Waals surface area contributed by atoms with E-state index in [1.54, 1.807) is 58.0 Å². The second-order valence-corrected chi connectivity index (χ2v) is 11.5. The molecule has 11 heteroatoms. The predicted molar refractivity (Wildman–Crippen MR) is 189 cm³/mol. The molecule has 2 N–H and O–H groups in total. The second kappa shape index (κ2) is 18.3. The summed E-state index contributed by atoms with van der Waals surface area (Å²) in [5.41, 5.74) is 4.50. The minimum atomic E-state index is -1.13. The molecule has 0 spiro atoms. The lowest BCUT2D eigenvalue weighted by atomic mass is 9.88. The van der Waals surface area contributed by atoms with Crippen molar-refractivity contribution < 1.29 is 53.1 Å². The molecular formula is C39H44O11. The van der Waals surface area contributed by atoms with E-state index in [-0.39, 0.29) is 24.3 Å². The molecule has 50 heavy (non-hydrogen) atoms. The van der Waals surface area contributed by atoms with Crippen molar-refractivity contribution in [2.24, 2.45) is 0 Å². The largest absolute Gasteiger partial charge is 0.496 e. The van der Waals surface area contributed by atoms with Crippen molar-refractivity contribution in [2.75, 3.05) is 33.5 Å². The van der Waals surface area contributed by atoms with Gasteiger partial charge in [0.05, 0.1) is 44.7 Å². The number of carbonyl (C=O) groups excluding carboxylic acids is 2. The van der Waals surface area contributed by atoms with Crippen molar-refractivity contribution in [3.05, 3.63) is 89.0 Å². The molecule has 3 rings (SSSR count). The number of benzene rings is 3. The van der Waals surface area contributed by atoms with Crippen LogP contribution < -0.4 is 14.2 Å². The molecule has 0 saturated carbocycles. The molecule has 0 aliphatic carbocycles. The number of aryl methyl sites for hydroxylation is 2. The third-order valence-corrected chi connectivity index (χ3v) is 8.02. The Kier molecular flexibility index (Phi) is 14.2. The lowest BCUT2D eigenvalue weighted by molar-refractivity contribution is -0.138. The summed E-state index contributed by atoms with van der Waals surface area (Å²) in [4.78, 5) is 47.5. The SMILES string of the molecule is C=CC(=O)OCCCCOc1c(C)cc(C(=O)O)c(-c2ccc(-c3c(C(=O)O)cc(C)c(OCCCCOC(=O)C=C)c3C)c(OC)c2)c1C. The maximum Gasteiger partial charge on any atom is 0.336 e. The van der Waals surface area contributed by atoms with Gasteiger partial charge in [-0.05, 0) is 99.9 Å². The minimum Gasteiger partial charge on any atom is -0.496 e. The van der Waals surface area contributed by atoms with Crippen molar-refractivity contribution in [3.63, 3.8) is 0 Å². The number of carboxylic acid groups (broad SMARTS) is 2. The van der Waals surface area contributed by atoms with Crippen LogP contribution in [0, 0.1) is 27.7 Å². The molecule has 0 aromatic heterocycles. The normalized spacial score (nSPS) is 10.6. The summed E-state index contributed by atoms with van der Waals surface area (Å²) in [5.74, 6) is -1.82. The van der Waals surface area contributed by atoms with Gasteiger partial charge >= 0.3 is 23.9 Å². The van der Waals surface area contributed by atoms with Crippen molar-refractivity contribution in [3.8, 4) is 39.5 Å². The summed E-state index contributed by atoms with van der Waals surface area (Å²) >= 11 is 0. The van der Waals surface area contributed by atoms with E-state index in [1.165, 1.54) is 7.11 Å². The average molecular weight is 689 g/mol. The fraction of sp³-hybridized carbons (Fsp3) is 0.333. The molecule has 0 unspecified atom stereocenters. The number of esters is 2. The number of unbranched alkanes of at least 4 members (excludes halogenated alkanes) is 2. The summed E-state index contributed by atoms with van der Waals surface area (Å²) in [5, 5.41) is 20.4. The van der Waals surface area contributed by atoms with Crippen LogP contribution in [0.1, 0.15) is 68.7 Å². The first kappa shape index (κ1) is 38.9. The van der Waals surface area contributed by atoms with Crippen molar-refractivity contribution >= 4 is 23.9 Å². The Labute approximate surface area is 292 Å². The van der Waals surface area contributed by atoms with Gasteiger partial charge in [0, 0.05) is 34.4 Å². The predicted octanol–water partition coefficient (Wildman–Crippen LogP) is 7.44. The van der Waals surface area contributed by atoms with Gasteiger partial charge in [-0.2, -0.15) is 0 Å². The summed E-state index contributed by atoms with van der Waals surface area (Å²) < 4.78 is 28.0. The highest BCUT2D eigenvalue weighted by Gasteiger charge is 2.25. The highest BCUT2D eigenvalue weighted by molar-refractivity contribution is 6.01. The third-order valence-electron chi connectivity index (χ3n) is 8.02. The monoisotopic (exact) mass is 688 g/mol. The Hall–Kier alpha value is -5.58. The number of hydrogen-bond donors (Lipinski definition) is 2. The molecule has 0 radical (unpaired) electrons. The topological polar surface area (TPSA) is 155 Å². The standard InChI is InChI=1S/C39H44O11/c1-8-32(40)47-16-10-12-18-49-36-23(3)20-29(38(42)43)34(25(36)5)27-14-15-28(31(22-27)46-7)35-26(6)37(24(4)21-30(35)39(44)45)50-19-13-11-17-48-33(41)9-2/h8-9,14-15,20-22H,1-2,10-13,16-19H2,3-7H3,(H,42,43)(H,44,45). The number of carboxylic acids is 2. The Morgan fingerprint density at radius 2 is 1.10 bits per heavy atom. The maximum atomic E-state index is 12.5. The first-order valence-corrected chi connectivity index (χ1v) is 16.1. The minimum absolute atomic E-state index is 0.0578. The Morgan fingerprint density at radius 1 is 0.660 bits per heavy atom. The smallest absolute Gasteiger partial charge is 0.336 e. The molecule has 0 aliphatic heterocycles. The lowest BCUT2D eigenvalue weighted by Crippen LogP contribution is -2.09. The van der Waals surface area contributed by atoms with Crippen LogP contribution in [0.5, 0.6) is 17.2 Å². The molecule has 0 atom stereocenters. The number of hydrogen-bond acceptors (Lipinski definition) is 9. The molecule has 3 aromatic rings. The first-order chi connectivity index (χ1) is 23.9. The van der Waals surface area contributed by atoms with Crippen LogP contribution in [0.15, 0.2) is 55.6 Å². The fourth-order valence-electron chi connectivity index (χ4n) is 5.70. The molecule has 266 valence electrons. The Morgan fingerprint density at radius 3 is 1.54 bits per heavy atom. The first-order valence-electron chi connectivity index (χ1n) is 16.1. The zero-order valence-electron chi connectivity index (χ0n) is 29.2. The van der Waals surface area contributed by atoms with Gasteiger partial charge in [0.2, 0.25) is 0 Å². The number of methoxy groups -OCH3 is 1. The molecule has 0 heterocycles. The van der Waals surface area contributed by atoms with Crippen molar-refractivity contribution in [1.82, 2.24) is 0 Å². The molecule has 0 bridgehead atoms. The zero-order chi connectivity index (χ0) is 37.0. The van der Waals surface area contributed by atoms with Crippen LogP contribution in [0.2, 0.25) is 0 Å². The molecule has 3 aromatic carbocycles. The fourth-order valence-corrected chi connectivity index (χ4v) is 5.70. The van der Waals surface area contributed by atoms with Gasteiger partial charge in [-0.15, -0.1) is 0 Å².